The van der Waals surface area contributed by atoms with E-state index in [4.69, 9.17) is 14.9 Å². The van der Waals surface area contributed by atoms with Gasteiger partial charge in [0.05, 0.1) is 18.1 Å². The lowest BCUT2D eigenvalue weighted by atomic mass is 9.90. The lowest BCUT2D eigenvalue weighted by Crippen LogP contribution is -2.15. The van der Waals surface area contributed by atoms with E-state index >= 15 is 0 Å². The van der Waals surface area contributed by atoms with Crippen molar-refractivity contribution in [2.75, 3.05) is 12.3 Å². The van der Waals surface area contributed by atoms with Crippen molar-refractivity contribution >= 4 is 17.6 Å². The van der Waals surface area contributed by atoms with Gasteiger partial charge in [-0.25, -0.2) is 4.79 Å². The summed E-state index contributed by atoms with van der Waals surface area (Å²) in [7, 11) is 0. The maximum atomic E-state index is 12.9. The van der Waals surface area contributed by atoms with Crippen molar-refractivity contribution < 1.29 is 13.9 Å². The van der Waals surface area contributed by atoms with Gasteiger partial charge in [0.1, 0.15) is 5.69 Å². The molecule has 0 saturated heterocycles. The normalized spacial score (nSPS) is 15.8. The molecule has 3 aromatic rings. The van der Waals surface area contributed by atoms with Crippen LogP contribution < -0.4 is 5.73 Å². The number of anilines is 1. The maximum Gasteiger partial charge on any atom is 0.335 e. The van der Waals surface area contributed by atoms with Crippen molar-refractivity contribution in [3.63, 3.8) is 0 Å². The van der Waals surface area contributed by atoms with Crippen LogP contribution in [-0.2, 0) is 9.53 Å². The van der Waals surface area contributed by atoms with Gasteiger partial charge in [-0.05, 0) is 18.1 Å². The number of nitrogen functional groups attached to an aromatic ring is 1. The van der Waals surface area contributed by atoms with Gasteiger partial charge in [0.25, 0.3) is 6.01 Å². The van der Waals surface area contributed by atoms with Crippen molar-refractivity contribution in [2.24, 2.45) is 0 Å². The lowest BCUT2D eigenvalue weighted by Gasteiger charge is -2.15. The van der Waals surface area contributed by atoms with Crippen LogP contribution in [0, 0.1) is 0 Å². The Morgan fingerprint density at radius 2 is 1.77 bits per heavy atom. The second-order valence-corrected chi connectivity index (χ2v) is 5.99. The molecule has 0 aliphatic heterocycles. The van der Waals surface area contributed by atoms with E-state index in [0.29, 0.717) is 29.2 Å². The molecule has 1 atom stereocenters. The Hall–Kier alpha value is -3.34. The molecule has 1 aliphatic carbocycles. The molecule has 2 aromatic carbocycles. The van der Waals surface area contributed by atoms with Crippen LogP contribution in [0.15, 0.2) is 70.7 Å². The van der Waals surface area contributed by atoms with E-state index in [2.05, 4.69) is 4.98 Å². The summed E-state index contributed by atoms with van der Waals surface area (Å²) in [4.78, 5) is 17.3. The number of oxazole rings is 1. The molecule has 0 fully saturated rings. The van der Waals surface area contributed by atoms with Crippen LogP contribution >= 0.6 is 0 Å². The molecule has 1 heterocycles. The molecule has 0 spiro atoms. The van der Waals surface area contributed by atoms with Crippen molar-refractivity contribution in [2.45, 2.75) is 12.8 Å². The number of carbonyl (C=O) groups excluding carboxylic acids is 1. The monoisotopic (exact) mass is 346 g/mol. The summed E-state index contributed by atoms with van der Waals surface area (Å²) in [6, 6.07) is 19.4. The largest absolute Gasteiger partial charge is 0.463 e. The first-order valence-electron chi connectivity index (χ1n) is 8.49. The molecule has 1 unspecified atom stereocenters. The molecule has 130 valence electrons. The van der Waals surface area contributed by atoms with Crippen molar-refractivity contribution in [3.8, 4) is 0 Å². The van der Waals surface area contributed by atoms with E-state index in [1.54, 1.807) is 6.92 Å². The fourth-order valence-corrected chi connectivity index (χ4v) is 3.42. The minimum absolute atomic E-state index is 0.0901. The Labute approximate surface area is 151 Å². The topological polar surface area (TPSA) is 78.3 Å². The Balaban J connectivity index is 2.00. The summed E-state index contributed by atoms with van der Waals surface area (Å²) in [5.74, 6) is -0.209. The summed E-state index contributed by atoms with van der Waals surface area (Å²) >= 11 is 0. The molecular formula is C21H18N2O3. The van der Waals surface area contributed by atoms with Crippen LogP contribution in [0.2, 0.25) is 0 Å². The van der Waals surface area contributed by atoms with E-state index in [1.165, 1.54) is 0 Å². The molecule has 5 nitrogen and oxygen atoms in total. The number of carbonyl (C=O) groups is 1. The Kier molecular flexibility index (Phi) is 4.05. The summed E-state index contributed by atoms with van der Waals surface area (Å²) in [6.45, 7) is 2.09. The zero-order valence-electron chi connectivity index (χ0n) is 14.3. The van der Waals surface area contributed by atoms with Crippen LogP contribution in [-0.4, -0.2) is 17.6 Å². The predicted molar refractivity (Wildman–Crippen MR) is 98.3 cm³/mol. The molecule has 1 aliphatic rings. The highest BCUT2D eigenvalue weighted by Gasteiger charge is 2.42. The first-order chi connectivity index (χ1) is 12.7. The number of nitrogens with two attached hydrogens (primary N) is 1. The van der Waals surface area contributed by atoms with Gasteiger partial charge in [0.15, 0.2) is 5.76 Å². The number of nitrogens with zero attached hydrogens (tertiary/aromatic N) is 1. The zero-order chi connectivity index (χ0) is 18.1. The van der Waals surface area contributed by atoms with Crippen LogP contribution in [0.3, 0.4) is 0 Å². The smallest absolute Gasteiger partial charge is 0.335 e. The van der Waals surface area contributed by atoms with Gasteiger partial charge in [-0.2, -0.15) is 4.98 Å². The van der Waals surface area contributed by atoms with E-state index < -0.39 is 0 Å². The third kappa shape index (κ3) is 2.58. The molecule has 26 heavy (non-hydrogen) atoms. The number of aromatic nitrogens is 1. The highest BCUT2D eigenvalue weighted by Crippen LogP contribution is 2.48. The fourth-order valence-electron chi connectivity index (χ4n) is 3.42. The number of hydrogen-bond acceptors (Lipinski definition) is 5. The van der Waals surface area contributed by atoms with Crippen molar-refractivity contribution in [1.29, 1.82) is 0 Å². The van der Waals surface area contributed by atoms with Gasteiger partial charge in [-0.3, -0.25) is 0 Å². The summed E-state index contributed by atoms with van der Waals surface area (Å²) in [5, 5.41) is 0. The number of benzene rings is 2. The Morgan fingerprint density at radius 1 is 1.12 bits per heavy atom. The minimum Gasteiger partial charge on any atom is -0.463 e. The van der Waals surface area contributed by atoms with Gasteiger partial charge >= 0.3 is 5.97 Å². The fraction of sp³-hybridized carbons (Fsp3) is 0.143. The Bertz CT molecular complexity index is 975. The van der Waals surface area contributed by atoms with Crippen LogP contribution in [0.1, 0.15) is 35.4 Å². The Morgan fingerprint density at radius 3 is 2.42 bits per heavy atom. The number of rotatable bonds is 4. The predicted octanol–water partition coefficient (Wildman–Crippen LogP) is 3.77. The van der Waals surface area contributed by atoms with Gasteiger partial charge < -0.3 is 14.9 Å². The molecule has 5 heteroatoms. The summed E-state index contributed by atoms with van der Waals surface area (Å²) in [6.07, 6.45) is 0. The molecule has 4 rings (SSSR count). The number of fused-ring (bicyclic) bond motifs is 1. The van der Waals surface area contributed by atoms with Crippen LogP contribution in [0.4, 0.5) is 6.01 Å². The molecule has 2 N–H and O–H groups in total. The van der Waals surface area contributed by atoms with Crippen LogP contribution in [0.5, 0.6) is 0 Å². The van der Waals surface area contributed by atoms with E-state index in [1.807, 2.05) is 60.7 Å². The lowest BCUT2D eigenvalue weighted by molar-refractivity contribution is -0.138. The van der Waals surface area contributed by atoms with Crippen molar-refractivity contribution in [1.82, 2.24) is 4.98 Å². The standard InChI is InChI=1S/C21H18N2O3/c1-2-25-20(24)17-15(13-9-5-3-6-10-13)18-19(26-21(22)23-18)16(17)14-11-7-4-8-12-14/h3-12,15H,2H2,1H3,(H2,22,23). The second kappa shape index (κ2) is 6.52. The second-order valence-electron chi connectivity index (χ2n) is 5.99. The molecule has 0 bridgehead atoms. The maximum absolute atomic E-state index is 12.9. The molecule has 0 saturated carbocycles. The number of esters is 1. The number of hydrogen-bond donors (Lipinski definition) is 1. The average molecular weight is 346 g/mol. The zero-order valence-corrected chi connectivity index (χ0v) is 14.3. The first kappa shape index (κ1) is 16.1. The molecule has 0 radical (unpaired) electrons. The van der Waals surface area contributed by atoms with Gasteiger partial charge in [-0.1, -0.05) is 60.7 Å². The highest BCUT2D eigenvalue weighted by atomic mass is 16.5. The quantitative estimate of drug-likeness (QED) is 0.728. The average Bonchev–Trinajstić information content (AvgIpc) is 3.17. The van der Waals surface area contributed by atoms with E-state index in [0.717, 1.165) is 11.1 Å². The minimum atomic E-state index is -0.374. The van der Waals surface area contributed by atoms with Gasteiger partial charge in [0, 0.05) is 5.57 Å². The van der Waals surface area contributed by atoms with Crippen molar-refractivity contribution in [3.05, 3.63) is 88.8 Å². The van der Waals surface area contributed by atoms with E-state index in [9.17, 15) is 4.79 Å². The van der Waals surface area contributed by atoms with E-state index in [-0.39, 0.29) is 17.9 Å². The third-order valence-electron chi connectivity index (χ3n) is 4.42. The highest BCUT2D eigenvalue weighted by molar-refractivity contribution is 6.06. The van der Waals surface area contributed by atoms with Gasteiger partial charge in [-0.15, -0.1) is 0 Å². The third-order valence-corrected chi connectivity index (χ3v) is 4.42. The first-order valence-corrected chi connectivity index (χ1v) is 8.49. The molecule has 0 amide bonds. The van der Waals surface area contributed by atoms with Crippen LogP contribution in [0.25, 0.3) is 5.57 Å². The number of ether oxygens (including phenoxy) is 1. The van der Waals surface area contributed by atoms with Gasteiger partial charge in [0.2, 0.25) is 0 Å². The summed E-state index contributed by atoms with van der Waals surface area (Å²) in [5.41, 5.74) is 9.51. The summed E-state index contributed by atoms with van der Waals surface area (Å²) < 4.78 is 11.1. The molecular weight excluding hydrogens is 328 g/mol. The molecule has 1 aromatic heterocycles. The SMILES string of the molecule is CCOC(=O)C1=C(c2ccccc2)c2oc(N)nc2C1c1ccccc1.